The minimum atomic E-state index is 0.0506. The maximum Gasteiger partial charge on any atom is 0.244 e. The molecule has 6 nitrogen and oxygen atoms in total. The molecule has 1 aliphatic heterocycles. The number of nitrogens with zero attached hydrogens (tertiary/aromatic N) is 4. The van der Waals surface area contributed by atoms with Gasteiger partial charge in [0.15, 0.2) is 0 Å². The van der Waals surface area contributed by atoms with Crippen LogP contribution < -0.4 is 4.74 Å². The second-order valence-electron chi connectivity index (χ2n) is 4.78. The van der Waals surface area contributed by atoms with Gasteiger partial charge in [-0.05, 0) is 12.1 Å². The van der Waals surface area contributed by atoms with Gasteiger partial charge in [-0.25, -0.2) is 4.68 Å². The van der Waals surface area contributed by atoms with Crippen LogP contribution in [0.2, 0.25) is 0 Å². The first-order valence-corrected chi connectivity index (χ1v) is 6.65. The first-order chi connectivity index (χ1) is 9.81. The van der Waals surface area contributed by atoms with Crippen LogP contribution in [0.15, 0.2) is 42.7 Å². The van der Waals surface area contributed by atoms with Gasteiger partial charge in [-0.3, -0.25) is 4.79 Å². The van der Waals surface area contributed by atoms with Crippen molar-refractivity contribution in [2.75, 3.05) is 13.1 Å². The molecular weight excluding hydrogens is 256 g/mol. The number of aromatic nitrogens is 3. The highest BCUT2D eigenvalue weighted by molar-refractivity contribution is 5.76. The highest BCUT2D eigenvalue weighted by Gasteiger charge is 2.27. The smallest absolute Gasteiger partial charge is 0.244 e. The lowest BCUT2D eigenvalue weighted by atomic mass is 10.3. The topological polar surface area (TPSA) is 60.2 Å². The summed E-state index contributed by atoms with van der Waals surface area (Å²) in [5.74, 6) is 0.901. The van der Waals surface area contributed by atoms with Crippen molar-refractivity contribution < 1.29 is 9.53 Å². The van der Waals surface area contributed by atoms with Crippen LogP contribution in [0, 0.1) is 0 Å². The molecule has 2 heterocycles. The van der Waals surface area contributed by atoms with Gasteiger partial charge < -0.3 is 9.64 Å². The molecule has 1 amide bonds. The number of carbonyl (C=O) groups excluding carboxylic acids is 1. The summed E-state index contributed by atoms with van der Waals surface area (Å²) in [5.41, 5.74) is 0. The highest BCUT2D eigenvalue weighted by Crippen LogP contribution is 2.18. The fourth-order valence-corrected chi connectivity index (χ4v) is 2.30. The summed E-state index contributed by atoms with van der Waals surface area (Å²) in [5, 5.41) is 7.49. The monoisotopic (exact) mass is 272 g/mol. The number of hydrogen-bond acceptors (Lipinski definition) is 4. The van der Waals surface area contributed by atoms with Crippen molar-refractivity contribution in [3.63, 3.8) is 0 Å². The van der Waals surface area contributed by atoms with E-state index < -0.39 is 0 Å². The number of para-hydroxylation sites is 1. The third kappa shape index (κ3) is 2.96. The van der Waals surface area contributed by atoms with Crippen LogP contribution in [0.4, 0.5) is 0 Å². The van der Waals surface area contributed by atoms with Crippen molar-refractivity contribution in [3.8, 4) is 5.75 Å². The van der Waals surface area contributed by atoms with Gasteiger partial charge in [0.2, 0.25) is 5.91 Å². The summed E-state index contributed by atoms with van der Waals surface area (Å²) >= 11 is 0. The number of rotatable bonds is 4. The largest absolute Gasteiger partial charge is 0.489 e. The summed E-state index contributed by atoms with van der Waals surface area (Å²) in [6.45, 7) is 1.59. The van der Waals surface area contributed by atoms with Crippen molar-refractivity contribution in [1.29, 1.82) is 0 Å². The van der Waals surface area contributed by atoms with Crippen LogP contribution in [0.3, 0.4) is 0 Å². The molecular formula is C14H16N4O2. The standard InChI is InChI=1S/C14H16N4O2/c19-14(11-18-9-7-15-16-18)17-8-6-13(10-17)20-12-4-2-1-3-5-12/h1-5,7,9,13H,6,8,10-11H2. The Morgan fingerprint density at radius 1 is 1.35 bits per heavy atom. The Morgan fingerprint density at radius 3 is 2.95 bits per heavy atom. The van der Waals surface area contributed by atoms with Crippen LogP contribution in [0.25, 0.3) is 0 Å². The number of benzene rings is 1. The lowest BCUT2D eigenvalue weighted by Gasteiger charge is -2.17. The number of carbonyl (C=O) groups is 1. The van der Waals surface area contributed by atoms with Crippen LogP contribution in [0.5, 0.6) is 5.75 Å². The number of ether oxygens (including phenoxy) is 1. The lowest BCUT2D eigenvalue weighted by molar-refractivity contribution is -0.131. The number of hydrogen-bond donors (Lipinski definition) is 0. The van der Waals surface area contributed by atoms with E-state index in [1.807, 2.05) is 35.2 Å². The fourth-order valence-electron chi connectivity index (χ4n) is 2.30. The molecule has 0 bridgehead atoms. The number of likely N-dealkylation sites (tertiary alicyclic amines) is 1. The summed E-state index contributed by atoms with van der Waals surface area (Å²) < 4.78 is 7.40. The molecule has 1 fully saturated rings. The Labute approximate surface area is 117 Å². The van der Waals surface area contributed by atoms with E-state index in [1.165, 1.54) is 4.68 Å². The maximum absolute atomic E-state index is 12.1. The van der Waals surface area contributed by atoms with E-state index in [1.54, 1.807) is 12.4 Å². The van der Waals surface area contributed by atoms with Gasteiger partial charge in [0.1, 0.15) is 18.4 Å². The second kappa shape index (κ2) is 5.73. The molecule has 1 aromatic carbocycles. The lowest BCUT2D eigenvalue weighted by Crippen LogP contribution is -2.33. The van der Waals surface area contributed by atoms with Gasteiger partial charge in [0.25, 0.3) is 0 Å². The molecule has 0 radical (unpaired) electrons. The Balaban J connectivity index is 1.53. The molecule has 2 aromatic rings. The van der Waals surface area contributed by atoms with E-state index in [0.717, 1.165) is 18.7 Å². The Morgan fingerprint density at radius 2 is 2.20 bits per heavy atom. The molecule has 1 aliphatic rings. The molecule has 0 saturated carbocycles. The van der Waals surface area contributed by atoms with Gasteiger partial charge in [-0.15, -0.1) is 5.10 Å². The van der Waals surface area contributed by atoms with Gasteiger partial charge in [0, 0.05) is 19.2 Å². The van der Waals surface area contributed by atoms with E-state index in [0.29, 0.717) is 6.54 Å². The highest BCUT2D eigenvalue weighted by atomic mass is 16.5. The molecule has 0 spiro atoms. The van der Waals surface area contributed by atoms with E-state index >= 15 is 0 Å². The van der Waals surface area contributed by atoms with Crippen molar-refractivity contribution in [3.05, 3.63) is 42.7 Å². The third-order valence-corrected chi connectivity index (χ3v) is 3.31. The van der Waals surface area contributed by atoms with Crippen molar-refractivity contribution in [1.82, 2.24) is 19.9 Å². The predicted molar refractivity (Wildman–Crippen MR) is 72.1 cm³/mol. The average molecular weight is 272 g/mol. The minimum absolute atomic E-state index is 0.0506. The molecule has 104 valence electrons. The maximum atomic E-state index is 12.1. The van der Waals surface area contributed by atoms with Crippen LogP contribution in [0.1, 0.15) is 6.42 Å². The zero-order valence-electron chi connectivity index (χ0n) is 11.1. The SMILES string of the molecule is O=C(Cn1ccnn1)N1CCC(Oc2ccccc2)C1. The van der Waals surface area contributed by atoms with E-state index in [-0.39, 0.29) is 18.6 Å². The summed E-state index contributed by atoms with van der Waals surface area (Å²) in [6, 6.07) is 9.70. The summed E-state index contributed by atoms with van der Waals surface area (Å²) in [6.07, 6.45) is 4.18. The first kappa shape index (κ1) is 12.7. The van der Waals surface area contributed by atoms with Gasteiger partial charge in [-0.1, -0.05) is 23.4 Å². The first-order valence-electron chi connectivity index (χ1n) is 6.65. The molecule has 1 atom stereocenters. The molecule has 0 aliphatic carbocycles. The molecule has 1 unspecified atom stereocenters. The molecule has 1 saturated heterocycles. The Hall–Kier alpha value is -2.37. The molecule has 0 N–H and O–H groups in total. The van der Waals surface area contributed by atoms with Crippen molar-refractivity contribution >= 4 is 5.91 Å². The predicted octanol–water partition coefficient (Wildman–Crippen LogP) is 0.958. The normalized spacial score (nSPS) is 18.2. The zero-order chi connectivity index (χ0) is 13.8. The van der Waals surface area contributed by atoms with Crippen LogP contribution >= 0.6 is 0 Å². The quantitative estimate of drug-likeness (QED) is 0.831. The van der Waals surface area contributed by atoms with Crippen LogP contribution in [-0.2, 0) is 11.3 Å². The Kier molecular flexibility index (Phi) is 3.62. The molecule has 6 heteroatoms. The van der Waals surface area contributed by atoms with Gasteiger partial charge in [-0.2, -0.15) is 0 Å². The van der Waals surface area contributed by atoms with Crippen molar-refractivity contribution in [2.45, 2.75) is 19.1 Å². The molecule has 20 heavy (non-hydrogen) atoms. The average Bonchev–Trinajstić information content (AvgIpc) is 3.11. The second-order valence-corrected chi connectivity index (χ2v) is 4.78. The van der Waals surface area contributed by atoms with E-state index in [2.05, 4.69) is 10.3 Å². The van der Waals surface area contributed by atoms with Gasteiger partial charge in [0.05, 0.1) is 12.7 Å². The molecule has 1 aromatic heterocycles. The van der Waals surface area contributed by atoms with E-state index in [9.17, 15) is 4.79 Å². The minimum Gasteiger partial charge on any atom is -0.489 e. The Bertz CT molecular complexity index is 556. The zero-order valence-corrected chi connectivity index (χ0v) is 11.1. The van der Waals surface area contributed by atoms with Crippen LogP contribution in [-0.4, -0.2) is 45.0 Å². The number of amides is 1. The van der Waals surface area contributed by atoms with E-state index in [4.69, 9.17) is 4.74 Å². The van der Waals surface area contributed by atoms with Gasteiger partial charge >= 0.3 is 0 Å². The molecule has 3 rings (SSSR count). The summed E-state index contributed by atoms with van der Waals surface area (Å²) in [4.78, 5) is 13.9. The third-order valence-electron chi connectivity index (χ3n) is 3.31. The van der Waals surface area contributed by atoms with Crippen molar-refractivity contribution in [2.24, 2.45) is 0 Å². The summed E-state index contributed by atoms with van der Waals surface area (Å²) in [7, 11) is 0. The fraction of sp³-hybridized carbons (Fsp3) is 0.357.